The van der Waals surface area contributed by atoms with Crippen molar-refractivity contribution in [3.05, 3.63) is 0 Å². The first kappa shape index (κ1) is 7.98. The lowest BCUT2D eigenvalue weighted by Crippen LogP contribution is -2.47. The van der Waals surface area contributed by atoms with Crippen molar-refractivity contribution in [2.45, 2.75) is 19.9 Å². The van der Waals surface area contributed by atoms with Gasteiger partial charge in [-0.05, 0) is 13.8 Å². The lowest BCUT2D eigenvalue weighted by molar-refractivity contribution is -0.120. The van der Waals surface area contributed by atoms with Crippen LogP contribution in [-0.4, -0.2) is 47.4 Å². The average Bonchev–Trinajstić information content (AvgIpc) is 1.88. The molecular formula is C7H16N2O. The molecule has 1 aliphatic heterocycles. The van der Waals surface area contributed by atoms with Gasteiger partial charge in [0.05, 0.1) is 0 Å². The van der Waals surface area contributed by atoms with Crippen LogP contribution in [0.25, 0.3) is 0 Å². The van der Waals surface area contributed by atoms with Gasteiger partial charge < -0.3 is 5.21 Å². The molecule has 1 heterocycles. The van der Waals surface area contributed by atoms with Crippen LogP contribution in [0, 0.1) is 0 Å². The Morgan fingerprint density at radius 1 is 1.10 bits per heavy atom. The van der Waals surface area contributed by atoms with Crippen LogP contribution < -0.4 is 0 Å². The Kier molecular flexibility index (Phi) is 2.65. The van der Waals surface area contributed by atoms with Gasteiger partial charge in [0.25, 0.3) is 0 Å². The summed E-state index contributed by atoms with van der Waals surface area (Å²) in [5, 5.41) is 10.4. The highest BCUT2D eigenvalue weighted by molar-refractivity contribution is 4.69. The molecule has 1 aliphatic rings. The Hall–Kier alpha value is -0.120. The van der Waals surface area contributed by atoms with Gasteiger partial charge in [0.2, 0.25) is 0 Å². The predicted octanol–water partition coefficient (Wildman–Crippen LogP) is 0.402. The van der Waals surface area contributed by atoms with Gasteiger partial charge >= 0.3 is 0 Å². The third-order valence-electron chi connectivity index (χ3n) is 2.02. The van der Waals surface area contributed by atoms with Gasteiger partial charge in [0.15, 0.2) is 0 Å². The summed E-state index contributed by atoms with van der Waals surface area (Å²) in [5.74, 6) is 0. The fourth-order valence-corrected chi connectivity index (χ4v) is 1.23. The first-order valence-electron chi connectivity index (χ1n) is 3.88. The van der Waals surface area contributed by atoms with Crippen molar-refractivity contribution in [2.75, 3.05) is 26.2 Å². The molecule has 0 unspecified atom stereocenters. The van der Waals surface area contributed by atoms with Crippen LogP contribution in [0.3, 0.4) is 0 Å². The molecule has 60 valence electrons. The zero-order chi connectivity index (χ0) is 7.56. The van der Waals surface area contributed by atoms with Crippen LogP contribution in [0.15, 0.2) is 0 Å². The minimum absolute atomic E-state index is 0.619. The zero-order valence-corrected chi connectivity index (χ0v) is 6.75. The van der Waals surface area contributed by atoms with Gasteiger partial charge in [-0.25, -0.2) is 0 Å². The summed E-state index contributed by atoms with van der Waals surface area (Å²) >= 11 is 0. The fourth-order valence-electron chi connectivity index (χ4n) is 1.23. The number of rotatable bonds is 1. The minimum Gasteiger partial charge on any atom is -0.314 e. The van der Waals surface area contributed by atoms with E-state index in [-0.39, 0.29) is 0 Å². The first-order valence-corrected chi connectivity index (χ1v) is 3.88. The molecule has 0 aromatic carbocycles. The van der Waals surface area contributed by atoms with E-state index in [2.05, 4.69) is 18.7 Å². The quantitative estimate of drug-likeness (QED) is 0.577. The second-order valence-corrected chi connectivity index (χ2v) is 3.08. The molecule has 0 spiro atoms. The van der Waals surface area contributed by atoms with Gasteiger partial charge in [-0.3, -0.25) is 4.90 Å². The van der Waals surface area contributed by atoms with Crippen LogP contribution in [0.2, 0.25) is 0 Å². The molecule has 0 atom stereocenters. The van der Waals surface area contributed by atoms with Crippen LogP contribution in [0.4, 0.5) is 0 Å². The minimum atomic E-state index is 0.619. The maximum atomic E-state index is 9.02. The van der Waals surface area contributed by atoms with E-state index in [0.717, 1.165) is 26.2 Å². The third kappa shape index (κ3) is 1.94. The van der Waals surface area contributed by atoms with E-state index in [0.29, 0.717) is 6.04 Å². The van der Waals surface area contributed by atoms with Gasteiger partial charge in [0, 0.05) is 32.2 Å². The molecule has 1 rings (SSSR count). The SMILES string of the molecule is CC(C)N1CCN(O)CC1. The largest absolute Gasteiger partial charge is 0.314 e. The topological polar surface area (TPSA) is 26.7 Å². The molecule has 0 bridgehead atoms. The maximum Gasteiger partial charge on any atom is 0.0366 e. The molecule has 0 aliphatic carbocycles. The van der Waals surface area contributed by atoms with Crippen LogP contribution in [0.5, 0.6) is 0 Å². The standard InChI is InChI=1S/C7H16N2O/c1-7(2)8-3-5-9(10)6-4-8/h7,10H,3-6H2,1-2H3. The molecule has 0 radical (unpaired) electrons. The number of nitrogens with zero attached hydrogens (tertiary/aromatic N) is 2. The highest BCUT2D eigenvalue weighted by atomic mass is 16.5. The number of piperazine rings is 1. The number of hydrogen-bond donors (Lipinski definition) is 1. The van der Waals surface area contributed by atoms with Crippen molar-refractivity contribution in [1.82, 2.24) is 9.96 Å². The Morgan fingerprint density at radius 3 is 2.00 bits per heavy atom. The van der Waals surface area contributed by atoms with Crippen molar-refractivity contribution in [3.8, 4) is 0 Å². The fraction of sp³-hybridized carbons (Fsp3) is 1.00. The van der Waals surface area contributed by atoms with Crippen molar-refractivity contribution in [2.24, 2.45) is 0 Å². The zero-order valence-electron chi connectivity index (χ0n) is 6.75. The molecule has 10 heavy (non-hydrogen) atoms. The molecule has 3 nitrogen and oxygen atoms in total. The van der Waals surface area contributed by atoms with E-state index in [1.54, 1.807) is 0 Å². The van der Waals surface area contributed by atoms with Gasteiger partial charge in [-0.2, -0.15) is 5.06 Å². The van der Waals surface area contributed by atoms with Crippen LogP contribution in [-0.2, 0) is 0 Å². The van der Waals surface area contributed by atoms with E-state index in [1.165, 1.54) is 5.06 Å². The molecule has 3 heteroatoms. The lowest BCUT2D eigenvalue weighted by Gasteiger charge is -2.33. The van der Waals surface area contributed by atoms with E-state index >= 15 is 0 Å². The second-order valence-electron chi connectivity index (χ2n) is 3.08. The van der Waals surface area contributed by atoms with Gasteiger partial charge in [0.1, 0.15) is 0 Å². The smallest absolute Gasteiger partial charge is 0.0366 e. The second kappa shape index (κ2) is 3.32. The summed E-state index contributed by atoms with van der Waals surface area (Å²) in [5.41, 5.74) is 0. The molecule has 1 N–H and O–H groups in total. The van der Waals surface area contributed by atoms with Crippen molar-refractivity contribution >= 4 is 0 Å². The summed E-state index contributed by atoms with van der Waals surface area (Å²) in [6, 6.07) is 0.619. The Morgan fingerprint density at radius 2 is 1.60 bits per heavy atom. The predicted molar refractivity (Wildman–Crippen MR) is 40.1 cm³/mol. The van der Waals surface area contributed by atoms with E-state index in [4.69, 9.17) is 5.21 Å². The summed E-state index contributed by atoms with van der Waals surface area (Å²) < 4.78 is 0. The maximum absolute atomic E-state index is 9.02. The summed E-state index contributed by atoms with van der Waals surface area (Å²) in [6.45, 7) is 7.94. The summed E-state index contributed by atoms with van der Waals surface area (Å²) in [6.07, 6.45) is 0. The van der Waals surface area contributed by atoms with E-state index in [9.17, 15) is 0 Å². The Bertz CT molecular complexity index is 97.8. The molecule has 1 saturated heterocycles. The number of hydroxylamine groups is 2. The van der Waals surface area contributed by atoms with Gasteiger partial charge in [-0.1, -0.05) is 0 Å². The van der Waals surface area contributed by atoms with Crippen molar-refractivity contribution in [3.63, 3.8) is 0 Å². The summed E-state index contributed by atoms with van der Waals surface area (Å²) in [4.78, 5) is 2.37. The number of hydrogen-bond acceptors (Lipinski definition) is 3. The van der Waals surface area contributed by atoms with Crippen molar-refractivity contribution in [1.29, 1.82) is 0 Å². The van der Waals surface area contributed by atoms with E-state index < -0.39 is 0 Å². The lowest BCUT2D eigenvalue weighted by atomic mass is 10.3. The molecule has 0 aromatic heterocycles. The third-order valence-corrected chi connectivity index (χ3v) is 2.02. The van der Waals surface area contributed by atoms with Gasteiger partial charge in [-0.15, -0.1) is 0 Å². The normalized spacial score (nSPS) is 24.0. The molecule has 0 amide bonds. The van der Waals surface area contributed by atoms with E-state index in [1.807, 2.05) is 0 Å². The first-order chi connectivity index (χ1) is 4.70. The van der Waals surface area contributed by atoms with Crippen molar-refractivity contribution < 1.29 is 5.21 Å². The monoisotopic (exact) mass is 144 g/mol. The summed E-state index contributed by atoms with van der Waals surface area (Å²) in [7, 11) is 0. The average molecular weight is 144 g/mol. The Labute approximate surface area is 62.2 Å². The Balaban J connectivity index is 2.26. The highest BCUT2D eigenvalue weighted by Crippen LogP contribution is 2.02. The van der Waals surface area contributed by atoms with Crippen LogP contribution in [0.1, 0.15) is 13.8 Å². The van der Waals surface area contributed by atoms with Crippen LogP contribution >= 0.6 is 0 Å². The molecule has 1 fully saturated rings. The molecule has 0 aromatic rings. The molecule has 0 saturated carbocycles. The molecular weight excluding hydrogens is 128 g/mol. The highest BCUT2D eigenvalue weighted by Gasteiger charge is 2.16.